The SMILES string of the molecule is CCc1ccccc1C(C)(F)CN. The quantitative estimate of drug-likeness (QED) is 0.761. The number of hydrogen-bond acceptors (Lipinski definition) is 1. The molecule has 1 aromatic rings. The van der Waals surface area contributed by atoms with Gasteiger partial charge in [-0.15, -0.1) is 0 Å². The van der Waals surface area contributed by atoms with Gasteiger partial charge in [0.2, 0.25) is 0 Å². The molecule has 1 atom stereocenters. The first-order valence-electron chi connectivity index (χ1n) is 4.59. The molecule has 0 fully saturated rings. The minimum atomic E-state index is -1.40. The standard InChI is InChI=1S/C11H16FN/c1-3-9-6-4-5-7-10(9)11(2,12)8-13/h4-7H,3,8,13H2,1-2H3. The Balaban J connectivity index is 3.12. The molecule has 0 bridgehead atoms. The van der Waals surface area contributed by atoms with E-state index >= 15 is 0 Å². The molecular weight excluding hydrogens is 165 g/mol. The monoisotopic (exact) mass is 181 g/mol. The highest BCUT2D eigenvalue weighted by atomic mass is 19.1. The molecule has 2 heteroatoms. The minimum Gasteiger partial charge on any atom is -0.327 e. The van der Waals surface area contributed by atoms with Crippen LogP contribution in [0.2, 0.25) is 0 Å². The van der Waals surface area contributed by atoms with E-state index < -0.39 is 5.67 Å². The van der Waals surface area contributed by atoms with Gasteiger partial charge >= 0.3 is 0 Å². The van der Waals surface area contributed by atoms with Crippen LogP contribution in [0.5, 0.6) is 0 Å². The zero-order chi connectivity index (χ0) is 9.90. The van der Waals surface area contributed by atoms with Gasteiger partial charge in [0.1, 0.15) is 5.67 Å². The number of benzene rings is 1. The molecule has 0 heterocycles. The Morgan fingerprint density at radius 2 is 2.00 bits per heavy atom. The Morgan fingerprint density at radius 1 is 1.38 bits per heavy atom. The van der Waals surface area contributed by atoms with Crippen LogP contribution in [0.15, 0.2) is 24.3 Å². The maximum Gasteiger partial charge on any atom is 0.145 e. The van der Waals surface area contributed by atoms with Crippen LogP contribution in [0, 0.1) is 0 Å². The fourth-order valence-electron chi connectivity index (χ4n) is 1.45. The topological polar surface area (TPSA) is 26.0 Å². The van der Waals surface area contributed by atoms with E-state index in [-0.39, 0.29) is 6.54 Å². The fraction of sp³-hybridized carbons (Fsp3) is 0.455. The molecular formula is C11H16FN. The lowest BCUT2D eigenvalue weighted by Crippen LogP contribution is -2.27. The Bertz CT molecular complexity index is 281. The van der Waals surface area contributed by atoms with Crippen molar-refractivity contribution in [2.45, 2.75) is 25.9 Å². The van der Waals surface area contributed by atoms with Crippen molar-refractivity contribution < 1.29 is 4.39 Å². The van der Waals surface area contributed by atoms with Gasteiger partial charge in [-0.25, -0.2) is 4.39 Å². The lowest BCUT2D eigenvalue weighted by molar-refractivity contribution is 0.202. The first kappa shape index (κ1) is 10.2. The summed E-state index contributed by atoms with van der Waals surface area (Å²) in [5, 5.41) is 0. The van der Waals surface area contributed by atoms with Crippen molar-refractivity contribution in [3.05, 3.63) is 35.4 Å². The number of halogens is 1. The van der Waals surface area contributed by atoms with E-state index in [2.05, 4.69) is 0 Å². The molecule has 0 aliphatic heterocycles. The van der Waals surface area contributed by atoms with Crippen molar-refractivity contribution in [1.29, 1.82) is 0 Å². The van der Waals surface area contributed by atoms with E-state index in [9.17, 15) is 4.39 Å². The van der Waals surface area contributed by atoms with Crippen molar-refractivity contribution in [3.8, 4) is 0 Å². The summed E-state index contributed by atoms with van der Waals surface area (Å²) in [4.78, 5) is 0. The van der Waals surface area contributed by atoms with Gasteiger partial charge in [0, 0.05) is 6.54 Å². The van der Waals surface area contributed by atoms with Gasteiger partial charge in [-0.2, -0.15) is 0 Å². The summed E-state index contributed by atoms with van der Waals surface area (Å²) in [6.45, 7) is 3.58. The van der Waals surface area contributed by atoms with Gasteiger partial charge in [-0.05, 0) is 24.5 Å². The van der Waals surface area contributed by atoms with Crippen LogP contribution >= 0.6 is 0 Å². The molecule has 0 radical (unpaired) electrons. The third-order valence-electron chi connectivity index (χ3n) is 2.34. The highest BCUT2D eigenvalue weighted by molar-refractivity contribution is 5.32. The molecule has 1 aromatic carbocycles. The summed E-state index contributed by atoms with van der Waals surface area (Å²) in [6.07, 6.45) is 0.843. The normalized spacial score (nSPS) is 15.4. The van der Waals surface area contributed by atoms with Crippen LogP contribution < -0.4 is 5.73 Å². The van der Waals surface area contributed by atoms with Crippen LogP contribution in [0.1, 0.15) is 25.0 Å². The predicted octanol–water partition coefficient (Wildman–Crippen LogP) is 2.39. The van der Waals surface area contributed by atoms with Gasteiger partial charge in [0.25, 0.3) is 0 Å². The number of rotatable bonds is 3. The molecule has 1 unspecified atom stereocenters. The Kier molecular flexibility index (Phi) is 3.04. The van der Waals surface area contributed by atoms with E-state index in [1.165, 1.54) is 6.92 Å². The van der Waals surface area contributed by atoms with Crippen molar-refractivity contribution in [2.24, 2.45) is 5.73 Å². The molecule has 0 aliphatic carbocycles. The van der Waals surface area contributed by atoms with Crippen LogP contribution in [-0.4, -0.2) is 6.54 Å². The van der Waals surface area contributed by atoms with Crippen LogP contribution in [-0.2, 0) is 12.1 Å². The Morgan fingerprint density at radius 3 is 2.54 bits per heavy atom. The van der Waals surface area contributed by atoms with Gasteiger partial charge < -0.3 is 5.73 Å². The zero-order valence-electron chi connectivity index (χ0n) is 8.18. The molecule has 0 aromatic heterocycles. The van der Waals surface area contributed by atoms with E-state index in [0.29, 0.717) is 0 Å². The van der Waals surface area contributed by atoms with Gasteiger partial charge in [0.05, 0.1) is 0 Å². The summed E-state index contributed by atoms with van der Waals surface area (Å²) in [5.41, 5.74) is 5.75. The first-order chi connectivity index (χ1) is 6.11. The maximum atomic E-state index is 13.9. The fourth-order valence-corrected chi connectivity index (χ4v) is 1.45. The molecule has 1 rings (SSSR count). The van der Waals surface area contributed by atoms with Gasteiger partial charge in [0.15, 0.2) is 0 Å². The third-order valence-corrected chi connectivity index (χ3v) is 2.34. The average molecular weight is 181 g/mol. The van der Waals surface area contributed by atoms with E-state index in [1.54, 1.807) is 0 Å². The van der Waals surface area contributed by atoms with Crippen LogP contribution in [0.25, 0.3) is 0 Å². The van der Waals surface area contributed by atoms with Crippen molar-refractivity contribution in [2.75, 3.05) is 6.54 Å². The predicted molar refractivity (Wildman–Crippen MR) is 53.3 cm³/mol. The summed E-state index contributed by atoms with van der Waals surface area (Å²) in [5.74, 6) is 0. The number of hydrogen-bond donors (Lipinski definition) is 1. The maximum absolute atomic E-state index is 13.9. The number of aryl methyl sites for hydroxylation is 1. The second-order valence-corrected chi connectivity index (χ2v) is 3.41. The largest absolute Gasteiger partial charge is 0.327 e. The van der Waals surface area contributed by atoms with E-state index in [4.69, 9.17) is 5.73 Å². The smallest absolute Gasteiger partial charge is 0.145 e. The summed E-state index contributed by atoms with van der Waals surface area (Å²) in [7, 11) is 0. The van der Waals surface area contributed by atoms with E-state index in [0.717, 1.165) is 17.5 Å². The Hall–Kier alpha value is -0.890. The molecule has 72 valence electrons. The Labute approximate surface area is 78.8 Å². The molecule has 13 heavy (non-hydrogen) atoms. The summed E-state index contributed by atoms with van der Waals surface area (Å²) in [6, 6.07) is 7.53. The molecule has 1 nitrogen and oxygen atoms in total. The summed E-state index contributed by atoms with van der Waals surface area (Å²) < 4.78 is 13.9. The summed E-state index contributed by atoms with van der Waals surface area (Å²) >= 11 is 0. The first-order valence-corrected chi connectivity index (χ1v) is 4.59. The van der Waals surface area contributed by atoms with Crippen LogP contribution in [0.4, 0.5) is 4.39 Å². The second-order valence-electron chi connectivity index (χ2n) is 3.41. The molecule has 0 saturated heterocycles. The number of alkyl halides is 1. The molecule has 0 spiro atoms. The molecule has 2 N–H and O–H groups in total. The molecule has 0 saturated carbocycles. The highest BCUT2D eigenvalue weighted by Gasteiger charge is 2.25. The van der Waals surface area contributed by atoms with Crippen molar-refractivity contribution in [3.63, 3.8) is 0 Å². The molecule has 0 amide bonds. The van der Waals surface area contributed by atoms with Crippen molar-refractivity contribution in [1.82, 2.24) is 0 Å². The zero-order valence-corrected chi connectivity index (χ0v) is 8.18. The highest BCUT2D eigenvalue weighted by Crippen LogP contribution is 2.27. The second kappa shape index (κ2) is 3.88. The third kappa shape index (κ3) is 2.07. The van der Waals surface area contributed by atoms with Gasteiger partial charge in [-0.3, -0.25) is 0 Å². The number of nitrogens with two attached hydrogens (primary N) is 1. The van der Waals surface area contributed by atoms with E-state index in [1.807, 2.05) is 31.2 Å². The lowest BCUT2D eigenvalue weighted by Gasteiger charge is -2.21. The van der Waals surface area contributed by atoms with Gasteiger partial charge in [-0.1, -0.05) is 31.2 Å². The lowest BCUT2D eigenvalue weighted by atomic mass is 9.92. The molecule has 0 aliphatic rings. The minimum absolute atomic E-state index is 0.0318. The van der Waals surface area contributed by atoms with Crippen molar-refractivity contribution >= 4 is 0 Å². The average Bonchev–Trinajstić information content (AvgIpc) is 2.18. The van der Waals surface area contributed by atoms with Crippen LogP contribution in [0.3, 0.4) is 0 Å².